The van der Waals surface area contributed by atoms with Crippen molar-refractivity contribution < 1.29 is 12.8 Å². The van der Waals surface area contributed by atoms with Crippen LogP contribution in [0.25, 0.3) is 10.9 Å². The molecule has 3 N–H and O–H groups in total. The number of sulfonamides is 1. The van der Waals surface area contributed by atoms with Crippen molar-refractivity contribution in [3.05, 3.63) is 40.7 Å². The molecule has 1 saturated carbocycles. The summed E-state index contributed by atoms with van der Waals surface area (Å²) in [6, 6.07) is 5.20. The van der Waals surface area contributed by atoms with Gasteiger partial charge in [0.1, 0.15) is 11.5 Å². The van der Waals surface area contributed by atoms with Crippen molar-refractivity contribution in [2.24, 2.45) is 7.05 Å². The first-order chi connectivity index (χ1) is 16.9. The monoisotopic (exact) mass is 531 g/mol. The zero-order valence-corrected chi connectivity index (χ0v) is 22.4. The van der Waals surface area contributed by atoms with Crippen LogP contribution in [0.15, 0.2) is 23.1 Å². The number of hydrogen-bond donors (Lipinski definition) is 3. The van der Waals surface area contributed by atoms with Crippen LogP contribution in [0.4, 0.5) is 10.2 Å². The molecule has 2 aliphatic carbocycles. The van der Waals surface area contributed by atoms with E-state index in [1.807, 2.05) is 26.1 Å². The third-order valence-electron chi connectivity index (χ3n) is 6.57. The summed E-state index contributed by atoms with van der Waals surface area (Å²) in [6.07, 6.45) is 3.47. The van der Waals surface area contributed by atoms with Gasteiger partial charge in [-0.3, -0.25) is 4.68 Å². The maximum absolute atomic E-state index is 14.2. The van der Waals surface area contributed by atoms with Crippen LogP contribution in [0, 0.1) is 6.92 Å². The maximum atomic E-state index is 14.2. The zero-order valence-electron chi connectivity index (χ0n) is 20.7. The van der Waals surface area contributed by atoms with Gasteiger partial charge in [-0.15, -0.1) is 5.10 Å². The molecule has 192 valence electrons. The molecule has 12 heteroatoms. The molecule has 1 fully saturated rings. The molecule has 1 aromatic carbocycles. The summed E-state index contributed by atoms with van der Waals surface area (Å²) in [5.74, 6) is 1.07. The molecular formula is C24H30FN7O2S2. The van der Waals surface area contributed by atoms with Gasteiger partial charge in [0, 0.05) is 31.0 Å². The number of thiocarbonyl (C=S) groups is 1. The second-order valence-corrected chi connectivity index (χ2v) is 12.4. The van der Waals surface area contributed by atoms with E-state index < -0.39 is 15.7 Å². The molecule has 5 rings (SSSR count). The lowest BCUT2D eigenvalue weighted by Crippen LogP contribution is -2.35. The molecular weight excluding hydrogens is 501 g/mol. The first kappa shape index (κ1) is 25.0. The Balaban J connectivity index is 1.51. The normalized spacial score (nSPS) is 17.9. The predicted octanol–water partition coefficient (Wildman–Crippen LogP) is 3.55. The quantitative estimate of drug-likeness (QED) is 0.397. The van der Waals surface area contributed by atoms with Gasteiger partial charge in [0.2, 0.25) is 10.0 Å². The lowest BCUT2D eigenvalue weighted by molar-refractivity contribution is 0.221. The third-order valence-corrected chi connectivity index (χ3v) is 8.24. The van der Waals surface area contributed by atoms with Gasteiger partial charge >= 0.3 is 0 Å². The molecule has 0 spiro atoms. The molecule has 0 bridgehead atoms. The largest absolute Gasteiger partial charge is 0.356 e. The summed E-state index contributed by atoms with van der Waals surface area (Å²) < 4.78 is 45.1. The molecule has 2 heterocycles. The number of nitrogens with one attached hydrogen (secondary N) is 3. The summed E-state index contributed by atoms with van der Waals surface area (Å²) in [4.78, 5) is 0.0899. The minimum atomic E-state index is -4.01. The van der Waals surface area contributed by atoms with E-state index in [-0.39, 0.29) is 17.5 Å². The Morgan fingerprint density at radius 1 is 1.22 bits per heavy atom. The number of anilines is 1. The molecule has 36 heavy (non-hydrogen) atoms. The van der Waals surface area contributed by atoms with Crippen LogP contribution in [-0.2, 0) is 23.5 Å². The highest BCUT2D eigenvalue weighted by molar-refractivity contribution is 7.89. The van der Waals surface area contributed by atoms with Crippen molar-refractivity contribution >= 4 is 44.1 Å². The minimum Gasteiger partial charge on any atom is -0.356 e. The molecule has 2 aliphatic rings. The van der Waals surface area contributed by atoms with Crippen molar-refractivity contribution in [3.63, 3.8) is 0 Å². The summed E-state index contributed by atoms with van der Waals surface area (Å²) in [5, 5.41) is 20.6. The Bertz CT molecular complexity index is 1460. The topological polar surface area (TPSA) is 114 Å². The maximum Gasteiger partial charge on any atom is 0.241 e. The molecule has 2 aromatic heterocycles. The van der Waals surface area contributed by atoms with Crippen LogP contribution in [0.5, 0.6) is 0 Å². The van der Waals surface area contributed by atoms with Crippen molar-refractivity contribution in [3.8, 4) is 0 Å². The molecule has 9 nitrogen and oxygen atoms in total. The Labute approximate surface area is 215 Å². The Morgan fingerprint density at radius 3 is 2.61 bits per heavy atom. The van der Waals surface area contributed by atoms with E-state index in [1.54, 1.807) is 10.7 Å². The molecule has 0 aliphatic heterocycles. The van der Waals surface area contributed by atoms with Gasteiger partial charge in [-0.05, 0) is 81.9 Å². The van der Waals surface area contributed by atoms with Gasteiger partial charge < -0.3 is 10.6 Å². The number of halogens is 1. The van der Waals surface area contributed by atoms with Crippen molar-refractivity contribution in [2.75, 3.05) is 11.9 Å². The van der Waals surface area contributed by atoms with E-state index in [0.717, 1.165) is 47.6 Å². The summed E-state index contributed by atoms with van der Waals surface area (Å²) in [5.41, 5.74) is 2.31. The van der Waals surface area contributed by atoms with Crippen molar-refractivity contribution in [1.82, 2.24) is 30.0 Å². The molecule has 3 aromatic rings. The molecule has 1 atom stereocenters. The van der Waals surface area contributed by atoms with Gasteiger partial charge in [0.25, 0.3) is 0 Å². The molecule has 0 saturated heterocycles. The highest BCUT2D eigenvalue weighted by atomic mass is 32.2. The number of alkyl halides is 1. The van der Waals surface area contributed by atoms with E-state index in [1.165, 1.54) is 13.8 Å². The summed E-state index contributed by atoms with van der Waals surface area (Å²) >= 11 is 5.54. The van der Waals surface area contributed by atoms with Crippen molar-refractivity contribution in [1.29, 1.82) is 0 Å². The van der Waals surface area contributed by atoms with E-state index in [0.29, 0.717) is 28.4 Å². The zero-order chi connectivity index (χ0) is 25.8. The lowest BCUT2D eigenvalue weighted by atomic mass is 10.0. The number of aryl methyl sites for hydroxylation is 3. The highest BCUT2D eigenvalue weighted by Crippen LogP contribution is 2.42. The van der Waals surface area contributed by atoms with Gasteiger partial charge in [-0.1, -0.05) is 0 Å². The average molecular weight is 532 g/mol. The SMILES string of the molecule is Cc1cc(NC(=S)NC2CCc3c2cc(S(=O)(=O)NCC(C)(C)F)c2cc(C4CC4)nnc32)n(C)n1. The predicted molar refractivity (Wildman–Crippen MR) is 140 cm³/mol. The number of aromatic nitrogens is 4. The van der Waals surface area contributed by atoms with Gasteiger partial charge in [0.15, 0.2) is 5.11 Å². The van der Waals surface area contributed by atoms with Crippen LogP contribution < -0.4 is 15.4 Å². The number of fused-ring (bicyclic) bond motifs is 3. The van der Waals surface area contributed by atoms with Crippen LogP contribution >= 0.6 is 12.2 Å². The average Bonchev–Trinajstić information content (AvgIpc) is 3.50. The van der Waals surface area contributed by atoms with E-state index in [4.69, 9.17) is 12.2 Å². The van der Waals surface area contributed by atoms with Crippen LogP contribution in [0.2, 0.25) is 0 Å². The first-order valence-electron chi connectivity index (χ1n) is 12.0. The third kappa shape index (κ3) is 5.07. The summed E-state index contributed by atoms with van der Waals surface area (Å²) in [7, 11) is -2.19. The summed E-state index contributed by atoms with van der Waals surface area (Å²) in [6.45, 7) is 4.24. The minimum absolute atomic E-state index is 0.0899. The second-order valence-electron chi connectivity index (χ2n) is 10.3. The number of rotatable bonds is 7. The standard InChI is InChI=1S/C24H30FN7O2S2/c1-13-9-21(32(4)31-13)28-23(35)27-18-8-7-15-16(18)11-20(36(33,34)26-12-24(2,3)25)17-10-19(14-5-6-14)29-30-22(15)17/h9-11,14,18,26H,5-8,12H2,1-4H3,(H2,27,28,35). The Hall–Kier alpha value is -2.70. The number of benzene rings is 1. The fraction of sp³-hybridized carbons (Fsp3) is 0.500. The smallest absolute Gasteiger partial charge is 0.241 e. The fourth-order valence-electron chi connectivity index (χ4n) is 4.61. The van der Waals surface area contributed by atoms with Crippen LogP contribution in [-0.4, -0.2) is 45.7 Å². The van der Waals surface area contributed by atoms with Crippen LogP contribution in [0.3, 0.4) is 0 Å². The van der Waals surface area contributed by atoms with Gasteiger partial charge in [0.05, 0.1) is 27.8 Å². The lowest BCUT2D eigenvalue weighted by Gasteiger charge is -2.20. The molecule has 1 unspecified atom stereocenters. The van der Waals surface area contributed by atoms with Gasteiger partial charge in [-0.2, -0.15) is 10.2 Å². The van der Waals surface area contributed by atoms with Crippen molar-refractivity contribution in [2.45, 2.75) is 69.0 Å². The Kier molecular flexibility index (Phi) is 6.24. The fourth-order valence-corrected chi connectivity index (χ4v) is 6.27. The highest BCUT2D eigenvalue weighted by Gasteiger charge is 2.33. The van der Waals surface area contributed by atoms with E-state index >= 15 is 0 Å². The van der Waals surface area contributed by atoms with E-state index in [9.17, 15) is 12.8 Å². The first-order valence-corrected chi connectivity index (χ1v) is 13.9. The molecule has 0 amide bonds. The molecule has 0 radical (unpaired) electrons. The van der Waals surface area contributed by atoms with Crippen LogP contribution in [0.1, 0.15) is 67.6 Å². The van der Waals surface area contributed by atoms with E-state index in [2.05, 4.69) is 30.7 Å². The second kappa shape index (κ2) is 9.00. The van der Waals surface area contributed by atoms with Gasteiger partial charge in [-0.25, -0.2) is 17.5 Å². The number of hydrogen-bond acceptors (Lipinski definition) is 6. The number of nitrogens with zero attached hydrogens (tertiary/aromatic N) is 4. The Morgan fingerprint density at radius 2 is 1.97 bits per heavy atom.